The number of hydrogen-bond acceptors (Lipinski definition) is 13. The number of hydrogen-bond donors (Lipinski definition) is 4. The van der Waals surface area contributed by atoms with E-state index in [1.807, 2.05) is 53.5 Å². The van der Waals surface area contributed by atoms with E-state index < -0.39 is 40.8 Å². The largest absolute Gasteiger partial charge is 0.478 e. The molecule has 2 atom stereocenters. The molecule has 5 rings (SSSR count). The third-order valence-corrected chi connectivity index (χ3v) is 10.0. The van der Waals surface area contributed by atoms with Gasteiger partial charge in [0.1, 0.15) is 41.0 Å². The standard InChI is InChI=1S/C26H29N9O7S3/c1-26(2,23(40)41)42-31-16(13-11-44-24(27)28-13)19(36)30-17-20(37)35-18(22(38)39)12(9-43-21(17)35)10-45-25-29-14(32(3)4)8-15-33(5)6-7-34(15)25/h6-8,11,17,21H,9-10H2,1-5H3,(H4-,27,28,30,36,38,39,40,41)/p+1/b31-16-. The Hall–Kier alpha value is -4.36. The highest BCUT2D eigenvalue weighted by atomic mass is 32.2. The summed E-state index contributed by atoms with van der Waals surface area (Å²) in [5.41, 5.74) is 4.90. The SMILES string of the molecule is CN(C)c1cc2n(cc[n+]2C)c(SCC2=C(C(=O)O)N3C(=O)C(NC(=O)/C(=N\OC(C)(C)C(=O)O)c4csc(N)n4)C3SC2)n1. The van der Waals surface area contributed by atoms with Crippen molar-refractivity contribution in [3.63, 3.8) is 0 Å². The number of carboxylic acids is 2. The molecule has 2 amide bonds. The van der Waals surface area contributed by atoms with Crippen molar-refractivity contribution in [2.45, 2.75) is 36.0 Å². The molecule has 0 saturated carbocycles. The lowest BCUT2D eigenvalue weighted by Crippen LogP contribution is -2.71. The lowest BCUT2D eigenvalue weighted by molar-refractivity contribution is -0.644. The first-order chi connectivity index (χ1) is 21.2. The predicted molar refractivity (Wildman–Crippen MR) is 167 cm³/mol. The second kappa shape index (κ2) is 12.2. The molecule has 2 aliphatic rings. The number of thioether (sulfide) groups is 2. The van der Waals surface area contributed by atoms with E-state index in [0.717, 1.165) is 22.8 Å². The molecule has 3 aromatic rings. The molecule has 0 spiro atoms. The number of fused-ring (bicyclic) bond motifs is 2. The van der Waals surface area contributed by atoms with Crippen molar-refractivity contribution in [3.05, 3.63) is 40.8 Å². The van der Waals surface area contributed by atoms with E-state index in [4.69, 9.17) is 15.6 Å². The van der Waals surface area contributed by atoms with Crippen molar-refractivity contribution in [1.29, 1.82) is 0 Å². The van der Waals surface area contributed by atoms with E-state index in [1.54, 1.807) is 0 Å². The van der Waals surface area contributed by atoms with Crippen molar-refractivity contribution in [2.24, 2.45) is 12.2 Å². The van der Waals surface area contributed by atoms with Crippen molar-refractivity contribution in [1.82, 2.24) is 24.6 Å². The Morgan fingerprint density at radius 2 is 2.04 bits per heavy atom. The fraction of sp³-hybridized carbons (Fsp3) is 0.385. The summed E-state index contributed by atoms with van der Waals surface area (Å²) >= 11 is 3.70. The molecule has 0 aromatic carbocycles. The van der Waals surface area contributed by atoms with Gasteiger partial charge in [0.15, 0.2) is 10.8 Å². The minimum absolute atomic E-state index is 0.0267. The van der Waals surface area contributed by atoms with Crippen molar-refractivity contribution in [2.75, 3.05) is 36.2 Å². The highest BCUT2D eigenvalue weighted by Crippen LogP contribution is 2.41. The number of anilines is 2. The van der Waals surface area contributed by atoms with Gasteiger partial charge in [-0.15, -0.1) is 23.1 Å². The van der Waals surface area contributed by atoms with Crippen LogP contribution in [0.1, 0.15) is 19.5 Å². The van der Waals surface area contributed by atoms with Crippen LogP contribution < -0.4 is 20.5 Å². The quantitative estimate of drug-likeness (QED) is 0.0541. The average Bonchev–Trinajstić information content (AvgIpc) is 3.58. The smallest absolute Gasteiger partial charge is 0.352 e. The van der Waals surface area contributed by atoms with E-state index >= 15 is 0 Å². The first kappa shape index (κ1) is 32.0. The third kappa shape index (κ3) is 6.14. The van der Waals surface area contributed by atoms with Crippen LogP contribution in [0.2, 0.25) is 0 Å². The number of carbonyl (C=O) groups is 4. The number of nitrogen functional groups attached to an aromatic ring is 1. The van der Waals surface area contributed by atoms with Crippen LogP contribution in [0.25, 0.3) is 5.65 Å². The molecule has 2 unspecified atom stereocenters. The van der Waals surface area contributed by atoms with E-state index in [0.29, 0.717) is 16.5 Å². The topological polar surface area (TPSA) is 209 Å². The van der Waals surface area contributed by atoms with Gasteiger partial charge >= 0.3 is 11.9 Å². The normalized spacial score (nSPS) is 18.5. The lowest BCUT2D eigenvalue weighted by Gasteiger charge is -2.49. The van der Waals surface area contributed by atoms with Crippen molar-refractivity contribution < 1.29 is 38.8 Å². The maximum absolute atomic E-state index is 13.3. The van der Waals surface area contributed by atoms with Gasteiger partial charge in [-0.25, -0.2) is 19.1 Å². The first-order valence-corrected chi connectivity index (χ1v) is 16.2. The van der Waals surface area contributed by atoms with Gasteiger partial charge in [-0.3, -0.25) is 14.5 Å². The average molecular weight is 677 g/mol. The van der Waals surface area contributed by atoms with Crippen LogP contribution in [0.4, 0.5) is 10.9 Å². The van der Waals surface area contributed by atoms with Gasteiger partial charge in [-0.2, -0.15) is 9.38 Å². The van der Waals surface area contributed by atoms with Gasteiger partial charge in [0, 0.05) is 31.0 Å². The molecule has 0 bridgehead atoms. The van der Waals surface area contributed by atoms with Gasteiger partial charge in [0.05, 0.1) is 13.1 Å². The molecule has 1 saturated heterocycles. The number of rotatable bonds is 11. The zero-order valence-electron chi connectivity index (χ0n) is 24.7. The number of nitrogens with one attached hydrogen (secondary N) is 1. The van der Waals surface area contributed by atoms with Gasteiger partial charge in [-0.05, 0) is 19.4 Å². The molecule has 2 aliphatic heterocycles. The highest BCUT2D eigenvalue weighted by molar-refractivity contribution is 8.01. The van der Waals surface area contributed by atoms with Gasteiger partial charge < -0.3 is 31.0 Å². The summed E-state index contributed by atoms with van der Waals surface area (Å²) in [6.45, 7) is 2.50. The second-order valence-electron chi connectivity index (χ2n) is 10.8. The summed E-state index contributed by atoms with van der Waals surface area (Å²) in [5, 5.41) is 27.4. The van der Waals surface area contributed by atoms with Crippen LogP contribution in [0.5, 0.6) is 0 Å². The molecule has 45 heavy (non-hydrogen) atoms. The van der Waals surface area contributed by atoms with E-state index in [9.17, 15) is 29.4 Å². The summed E-state index contributed by atoms with van der Waals surface area (Å²) < 4.78 is 3.86. The zero-order chi connectivity index (χ0) is 32.8. The number of thiazole rings is 1. The first-order valence-electron chi connectivity index (χ1n) is 13.3. The zero-order valence-corrected chi connectivity index (χ0v) is 27.2. The van der Waals surface area contributed by atoms with Gasteiger partial charge in [0.25, 0.3) is 22.6 Å². The van der Waals surface area contributed by atoms with E-state index in [1.165, 1.54) is 47.7 Å². The van der Waals surface area contributed by atoms with Crippen LogP contribution in [0.3, 0.4) is 0 Å². The number of β-lactam (4-membered cyclic amide) rings is 1. The lowest BCUT2D eigenvalue weighted by atomic mass is 10.0. The highest BCUT2D eigenvalue weighted by Gasteiger charge is 2.54. The number of carboxylic acid groups (broad SMARTS) is 2. The van der Waals surface area contributed by atoms with E-state index in [2.05, 4.69) is 15.5 Å². The van der Waals surface area contributed by atoms with Crippen molar-refractivity contribution >= 4 is 80.9 Å². The molecule has 0 radical (unpaired) electrons. The summed E-state index contributed by atoms with van der Waals surface area (Å²) in [7, 11) is 5.69. The maximum Gasteiger partial charge on any atom is 0.352 e. The molecule has 0 aliphatic carbocycles. The Balaban J connectivity index is 1.36. The maximum atomic E-state index is 13.3. The number of imidazole rings is 1. The Morgan fingerprint density at radius 1 is 1.31 bits per heavy atom. The number of aromatic nitrogens is 4. The Bertz CT molecular complexity index is 1780. The fourth-order valence-corrected chi connectivity index (χ4v) is 7.42. The third-order valence-electron chi connectivity index (χ3n) is 6.95. The second-order valence-corrected chi connectivity index (χ2v) is 13.7. The minimum atomic E-state index is -1.76. The molecule has 5 N–H and O–H groups in total. The van der Waals surface area contributed by atoms with Crippen LogP contribution in [-0.2, 0) is 31.1 Å². The Kier molecular flexibility index (Phi) is 8.69. The Labute approximate surface area is 268 Å². The number of oxime groups is 1. The number of aliphatic carboxylic acids is 2. The molecule has 3 aromatic heterocycles. The fourth-order valence-electron chi connectivity index (χ4n) is 4.41. The molecule has 19 heteroatoms. The molecule has 1 fully saturated rings. The summed E-state index contributed by atoms with van der Waals surface area (Å²) in [6, 6.07) is 0.872. The summed E-state index contributed by atoms with van der Waals surface area (Å²) in [4.78, 5) is 67.5. The number of amides is 2. The molecular weight excluding hydrogens is 647 g/mol. The van der Waals surface area contributed by atoms with Gasteiger partial charge in [-0.1, -0.05) is 16.9 Å². The molecule has 5 heterocycles. The minimum Gasteiger partial charge on any atom is -0.478 e. The van der Waals surface area contributed by atoms with Crippen molar-refractivity contribution in [3.8, 4) is 0 Å². The number of nitrogens with zero attached hydrogens (tertiary/aromatic N) is 7. The van der Waals surface area contributed by atoms with E-state index in [-0.39, 0.29) is 28.0 Å². The Morgan fingerprint density at radius 3 is 2.67 bits per heavy atom. The van der Waals surface area contributed by atoms with Gasteiger partial charge in [0.2, 0.25) is 5.60 Å². The van der Waals surface area contributed by atoms with Crippen LogP contribution in [0.15, 0.2) is 45.4 Å². The monoisotopic (exact) mass is 676 g/mol. The van der Waals surface area contributed by atoms with Crippen LogP contribution in [-0.4, -0.2) is 102 Å². The number of carbonyl (C=O) groups excluding carboxylic acids is 2. The van der Waals surface area contributed by atoms with Crippen LogP contribution in [0, 0.1) is 0 Å². The molecule has 238 valence electrons. The molecule has 16 nitrogen and oxygen atoms in total. The number of nitrogens with two attached hydrogens (primary N) is 1. The predicted octanol–water partition coefficient (Wildman–Crippen LogP) is 0.378. The summed E-state index contributed by atoms with van der Waals surface area (Å²) in [6.07, 6.45) is 3.77. The van der Waals surface area contributed by atoms with Crippen LogP contribution >= 0.6 is 34.9 Å². The summed E-state index contributed by atoms with van der Waals surface area (Å²) in [5.74, 6) is -2.75. The molecular formula is C26H30N9O7S3+. The number of aryl methyl sites for hydroxylation is 1.